The Kier molecular flexibility index (Phi) is 2.06. The summed E-state index contributed by atoms with van der Waals surface area (Å²) in [4.78, 5) is 17.3. The van der Waals surface area contributed by atoms with Crippen molar-refractivity contribution in [2.45, 2.75) is 0 Å². The standard InChI is InChI=1S/C9H9N3O2/c13-9(14)4-10-6-1-2-7-8(3-6)12-5-11-7/h1-3,5,10H,4H2,(H,11,12)(H,13,14). The highest BCUT2D eigenvalue weighted by Gasteiger charge is 1.99. The van der Waals surface area contributed by atoms with Gasteiger partial charge in [-0.05, 0) is 18.2 Å². The number of anilines is 1. The van der Waals surface area contributed by atoms with Crippen molar-refractivity contribution < 1.29 is 9.90 Å². The van der Waals surface area contributed by atoms with E-state index in [0.717, 1.165) is 16.7 Å². The molecule has 5 heteroatoms. The molecule has 2 rings (SSSR count). The number of aliphatic carboxylic acids is 1. The molecule has 3 N–H and O–H groups in total. The van der Waals surface area contributed by atoms with Gasteiger partial charge in [-0.1, -0.05) is 0 Å². The van der Waals surface area contributed by atoms with Crippen LogP contribution in [0.3, 0.4) is 0 Å². The van der Waals surface area contributed by atoms with Crippen molar-refractivity contribution in [1.29, 1.82) is 0 Å². The lowest BCUT2D eigenvalue weighted by Gasteiger charge is -2.02. The third-order valence-electron chi connectivity index (χ3n) is 1.86. The fraction of sp³-hybridized carbons (Fsp3) is 0.111. The number of aromatic nitrogens is 2. The monoisotopic (exact) mass is 191 g/mol. The zero-order chi connectivity index (χ0) is 9.97. The van der Waals surface area contributed by atoms with E-state index >= 15 is 0 Å². The summed E-state index contributed by atoms with van der Waals surface area (Å²) in [5.41, 5.74) is 2.52. The summed E-state index contributed by atoms with van der Waals surface area (Å²) in [6.07, 6.45) is 1.60. The number of rotatable bonds is 3. The highest BCUT2D eigenvalue weighted by molar-refractivity contribution is 5.80. The molecule has 0 unspecified atom stereocenters. The summed E-state index contributed by atoms with van der Waals surface area (Å²) in [6.45, 7) is -0.0837. The number of nitrogens with one attached hydrogen (secondary N) is 2. The van der Waals surface area contributed by atoms with E-state index in [2.05, 4.69) is 15.3 Å². The minimum Gasteiger partial charge on any atom is -0.480 e. The van der Waals surface area contributed by atoms with E-state index in [1.165, 1.54) is 0 Å². The minimum atomic E-state index is -0.880. The van der Waals surface area contributed by atoms with Crippen LogP contribution in [0.25, 0.3) is 11.0 Å². The molecule has 0 aliphatic rings. The number of carboxylic acids is 1. The smallest absolute Gasteiger partial charge is 0.322 e. The van der Waals surface area contributed by atoms with Gasteiger partial charge in [0, 0.05) is 5.69 Å². The molecule has 0 fully saturated rings. The molecule has 14 heavy (non-hydrogen) atoms. The van der Waals surface area contributed by atoms with E-state index in [9.17, 15) is 4.79 Å². The number of benzene rings is 1. The molecular weight excluding hydrogens is 182 g/mol. The van der Waals surface area contributed by atoms with Gasteiger partial charge in [0.2, 0.25) is 0 Å². The average molecular weight is 191 g/mol. The molecule has 1 heterocycles. The van der Waals surface area contributed by atoms with Crippen molar-refractivity contribution in [1.82, 2.24) is 9.97 Å². The predicted octanol–water partition coefficient (Wildman–Crippen LogP) is 1.06. The van der Waals surface area contributed by atoms with E-state index in [1.807, 2.05) is 12.1 Å². The Balaban J connectivity index is 2.21. The first kappa shape index (κ1) is 8.55. The Morgan fingerprint density at radius 3 is 3.21 bits per heavy atom. The zero-order valence-corrected chi connectivity index (χ0v) is 7.32. The third-order valence-corrected chi connectivity index (χ3v) is 1.86. The van der Waals surface area contributed by atoms with E-state index in [-0.39, 0.29) is 6.54 Å². The summed E-state index contributed by atoms with van der Waals surface area (Å²) in [5, 5.41) is 11.2. The molecule has 2 aromatic rings. The summed E-state index contributed by atoms with van der Waals surface area (Å²) < 4.78 is 0. The maximum atomic E-state index is 10.3. The highest BCUT2D eigenvalue weighted by atomic mass is 16.4. The van der Waals surface area contributed by atoms with Crippen LogP contribution in [0.2, 0.25) is 0 Å². The second-order valence-electron chi connectivity index (χ2n) is 2.88. The Morgan fingerprint density at radius 1 is 1.57 bits per heavy atom. The number of carbonyl (C=O) groups is 1. The molecule has 0 aliphatic carbocycles. The van der Waals surface area contributed by atoms with Gasteiger partial charge >= 0.3 is 5.97 Å². The van der Waals surface area contributed by atoms with E-state index < -0.39 is 5.97 Å². The normalized spacial score (nSPS) is 10.3. The molecule has 0 spiro atoms. The number of hydrogen-bond donors (Lipinski definition) is 3. The summed E-state index contributed by atoms with van der Waals surface area (Å²) in [6, 6.07) is 5.45. The first-order valence-electron chi connectivity index (χ1n) is 4.14. The maximum Gasteiger partial charge on any atom is 0.322 e. The largest absolute Gasteiger partial charge is 0.480 e. The number of imidazole rings is 1. The number of aromatic amines is 1. The van der Waals surface area contributed by atoms with Gasteiger partial charge in [0.05, 0.1) is 17.4 Å². The molecule has 0 bridgehead atoms. The topological polar surface area (TPSA) is 78.0 Å². The zero-order valence-electron chi connectivity index (χ0n) is 7.32. The first-order valence-corrected chi connectivity index (χ1v) is 4.14. The van der Waals surface area contributed by atoms with Crippen LogP contribution in [0.15, 0.2) is 24.5 Å². The maximum absolute atomic E-state index is 10.3. The molecule has 0 saturated carbocycles. The second-order valence-corrected chi connectivity index (χ2v) is 2.88. The number of nitrogens with zero attached hydrogens (tertiary/aromatic N) is 1. The van der Waals surface area contributed by atoms with Crippen LogP contribution in [0.5, 0.6) is 0 Å². The predicted molar refractivity (Wildman–Crippen MR) is 52.2 cm³/mol. The van der Waals surface area contributed by atoms with Gasteiger partial charge in [-0.25, -0.2) is 4.98 Å². The number of H-pyrrole nitrogens is 1. The molecule has 5 nitrogen and oxygen atoms in total. The van der Waals surface area contributed by atoms with Crippen molar-refractivity contribution in [2.75, 3.05) is 11.9 Å². The molecule has 1 aromatic heterocycles. The van der Waals surface area contributed by atoms with Crippen LogP contribution in [0, 0.1) is 0 Å². The fourth-order valence-electron chi connectivity index (χ4n) is 1.22. The van der Waals surface area contributed by atoms with Crippen LogP contribution in [-0.2, 0) is 4.79 Å². The number of hydrogen-bond acceptors (Lipinski definition) is 3. The van der Waals surface area contributed by atoms with Crippen LogP contribution in [0.1, 0.15) is 0 Å². The highest BCUT2D eigenvalue weighted by Crippen LogP contribution is 2.14. The molecule has 0 saturated heterocycles. The van der Waals surface area contributed by atoms with E-state index in [4.69, 9.17) is 5.11 Å². The van der Waals surface area contributed by atoms with Gasteiger partial charge in [0.15, 0.2) is 0 Å². The van der Waals surface area contributed by atoms with Crippen molar-refractivity contribution in [2.24, 2.45) is 0 Å². The van der Waals surface area contributed by atoms with Crippen molar-refractivity contribution >= 4 is 22.7 Å². The molecule has 0 atom stereocenters. The Labute approximate surface area is 79.8 Å². The Morgan fingerprint density at radius 2 is 2.43 bits per heavy atom. The van der Waals surface area contributed by atoms with Crippen LogP contribution >= 0.6 is 0 Å². The summed E-state index contributed by atoms with van der Waals surface area (Å²) in [5.74, 6) is -0.880. The molecular formula is C9H9N3O2. The van der Waals surface area contributed by atoms with Crippen LogP contribution in [0.4, 0.5) is 5.69 Å². The van der Waals surface area contributed by atoms with Crippen LogP contribution in [-0.4, -0.2) is 27.6 Å². The molecule has 1 aromatic carbocycles. The number of fused-ring (bicyclic) bond motifs is 1. The third kappa shape index (κ3) is 1.66. The molecule has 72 valence electrons. The SMILES string of the molecule is O=C(O)CNc1ccc2nc[nH]c2c1. The summed E-state index contributed by atoms with van der Waals surface area (Å²) in [7, 11) is 0. The average Bonchev–Trinajstić information content (AvgIpc) is 2.61. The quantitative estimate of drug-likeness (QED) is 0.677. The van der Waals surface area contributed by atoms with Crippen molar-refractivity contribution in [3.8, 4) is 0 Å². The van der Waals surface area contributed by atoms with Gasteiger partial charge < -0.3 is 15.4 Å². The van der Waals surface area contributed by atoms with Crippen LogP contribution < -0.4 is 5.32 Å². The lowest BCUT2D eigenvalue weighted by Crippen LogP contribution is -2.12. The van der Waals surface area contributed by atoms with Crippen molar-refractivity contribution in [3.63, 3.8) is 0 Å². The second kappa shape index (κ2) is 3.37. The van der Waals surface area contributed by atoms with Gasteiger partial charge in [-0.15, -0.1) is 0 Å². The van der Waals surface area contributed by atoms with Gasteiger partial charge in [0.25, 0.3) is 0 Å². The van der Waals surface area contributed by atoms with Gasteiger partial charge in [0.1, 0.15) is 6.54 Å². The fourth-order valence-corrected chi connectivity index (χ4v) is 1.22. The van der Waals surface area contributed by atoms with Gasteiger partial charge in [-0.2, -0.15) is 0 Å². The van der Waals surface area contributed by atoms with E-state index in [0.29, 0.717) is 0 Å². The van der Waals surface area contributed by atoms with E-state index in [1.54, 1.807) is 12.4 Å². The van der Waals surface area contributed by atoms with Crippen molar-refractivity contribution in [3.05, 3.63) is 24.5 Å². The first-order chi connectivity index (χ1) is 6.75. The Bertz CT molecular complexity index is 464. The molecule has 0 amide bonds. The Hall–Kier alpha value is -2.04. The molecule has 0 aliphatic heterocycles. The van der Waals surface area contributed by atoms with Gasteiger partial charge in [-0.3, -0.25) is 4.79 Å². The summed E-state index contributed by atoms with van der Waals surface area (Å²) >= 11 is 0. The lowest BCUT2D eigenvalue weighted by molar-refractivity contribution is -0.134. The lowest BCUT2D eigenvalue weighted by atomic mass is 10.3. The molecule has 0 radical (unpaired) electrons. The number of carboxylic acid groups (broad SMARTS) is 1. The minimum absolute atomic E-state index is 0.0837.